The summed E-state index contributed by atoms with van der Waals surface area (Å²) in [6, 6.07) is 0. The van der Waals surface area contributed by atoms with E-state index < -0.39 is 7.95 Å². The van der Waals surface area contributed by atoms with Gasteiger partial charge >= 0.3 is 7.95 Å². The summed E-state index contributed by atoms with van der Waals surface area (Å²) >= 11 is 0. The Balaban J connectivity index is 3.09. The first-order valence-electron chi connectivity index (χ1n) is 3.69. The summed E-state index contributed by atoms with van der Waals surface area (Å²) in [5.74, 6) is 0. The number of hydrogen-bond acceptors (Lipinski definition) is 2. The molecule has 60 valence electrons. The molecule has 0 saturated heterocycles. The number of hydrogen-bond donors (Lipinski definition) is 2. The average Bonchev–Trinajstić information content (AvgIpc) is 1.97. The first-order chi connectivity index (χ1) is 4.81. The molecule has 0 fully saturated rings. The fourth-order valence-corrected chi connectivity index (χ4v) is 1.71. The Hall–Kier alpha value is 0.0200. The molecule has 0 aliphatic rings. The van der Waals surface area contributed by atoms with Crippen molar-refractivity contribution in [3.8, 4) is 0 Å². The summed E-state index contributed by atoms with van der Waals surface area (Å²) in [7, 11) is -1.17. The van der Waals surface area contributed by atoms with Gasteiger partial charge in [-0.2, -0.15) is 0 Å². The van der Waals surface area contributed by atoms with Crippen molar-refractivity contribution in [2.75, 3.05) is 19.3 Å². The number of rotatable bonds is 6. The summed E-state index contributed by atoms with van der Waals surface area (Å²) in [4.78, 5) is 0. The Morgan fingerprint density at radius 3 is 2.80 bits per heavy atom. The smallest absolute Gasteiger partial charge is 0.329 e. The maximum absolute atomic E-state index is 10.9. The minimum absolute atomic E-state index is 0.563. The molecule has 0 aliphatic carbocycles. The van der Waals surface area contributed by atoms with Crippen LogP contribution in [0.2, 0.25) is 0 Å². The summed E-state index contributed by atoms with van der Waals surface area (Å²) in [6.45, 7) is 3.32. The quantitative estimate of drug-likeness (QED) is 0.576. The van der Waals surface area contributed by atoms with E-state index in [0.29, 0.717) is 13.1 Å². The Labute approximate surface area is 63.2 Å². The van der Waals surface area contributed by atoms with Crippen LogP contribution in [0.3, 0.4) is 0 Å². The van der Waals surface area contributed by atoms with E-state index in [0.717, 1.165) is 19.0 Å². The fourth-order valence-electron chi connectivity index (χ4n) is 0.570. The minimum atomic E-state index is -1.17. The Morgan fingerprint density at radius 2 is 2.30 bits per heavy atom. The van der Waals surface area contributed by atoms with E-state index in [1.165, 1.54) is 0 Å². The second-order valence-corrected chi connectivity index (χ2v) is 3.67. The molecule has 3 N–H and O–H groups in total. The van der Waals surface area contributed by atoms with E-state index in [9.17, 15) is 4.57 Å². The van der Waals surface area contributed by atoms with Crippen molar-refractivity contribution in [2.45, 2.75) is 19.8 Å². The lowest BCUT2D eigenvalue weighted by Gasteiger charge is -1.88. The van der Waals surface area contributed by atoms with Crippen molar-refractivity contribution >= 4 is 7.95 Å². The van der Waals surface area contributed by atoms with Crippen molar-refractivity contribution in [3.63, 3.8) is 0 Å². The topological polar surface area (TPSA) is 55.1 Å². The molecule has 1 unspecified atom stereocenters. The van der Waals surface area contributed by atoms with Gasteiger partial charge < -0.3 is 5.73 Å². The van der Waals surface area contributed by atoms with Crippen LogP contribution in [0.25, 0.3) is 0 Å². The second-order valence-electron chi connectivity index (χ2n) is 2.15. The number of nitrogens with one attached hydrogen (secondary N) is 1. The molecule has 4 heteroatoms. The fraction of sp³-hybridized carbons (Fsp3) is 1.00. The minimum Gasteiger partial charge on any atom is -0.329 e. The summed E-state index contributed by atoms with van der Waals surface area (Å²) < 4.78 is 10.9. The maximum atomic E-state index is 10.9. The predicted molar refractivity (Wildman–Crippen MR) is 44.4 cm³/mol. The molecule has 0 amide bonds. The molecular weight excluding hydrogens is 147 g/mol. The molecular formula is C6H16N2OP+. The zero-order chi connectivity index (χ0) is 7.82. The highest BCUT2D eigenvalue weighted by Crippen LogP contribution is 2.15. The highest BCUT2D eigenvalue weighted by molar-refractivity contribution is 7.42. The van der Waals surface area contributed by atoms with Gasteiger partial charge in [-0.15, -0.1) is 5.09 Å². The van der Waals surface area contributed by atoms with Gasteiger partial charge in [0.1, 0.15) is 0 Å². The monoisotopic (exact) mass is 163 g/mol. The molecule has 0 rings (SSSR count). The number of nitrogens with two attached hydrogens (primary N) is 1. The molecule has 0 aromatic carbocycles. The molecule has 0 aliphatic heterocycles. The van der Waals surface area contributed by atoms with Crippen LogP contribution in [-0.2, 0) is 4.57 Å². The molecule has 0 heterocycles. The lowest BCUT2D eigenvalue weighted by Crippen LogP contribution is -2.16. The van der Waals surface area contributed by atoms with Crippen molar-refractivity contribution in [1.82, 2.24) is 5.09 Å². The van der Waals surface area contributed by atoms with Crippen LogP contribution < -0.4 is 10.8 Å². The highest BCUT2D eigenvalue weighted by Gasteiger charge is 2.11. The van der Waals surface area contributed by atoms with Crippen LogP contribution in [0.1, 0.15) is 19.8 Å². The largest absolute Gasteiger partial charge is 0.432 e. The van der Waals surface area contributed by atoms with Crippen LogP contribution in [0.4, 0.5) is 0 Å². The predicted octanol–water partition coefficient (Wildman–Crippen LogP) is 1.08. The average molecular weight is 163 g/mol. The van der Waals surface area contributed by atoms with Crippen LogP contribution in [-0.4, -0.2) is 19.3 Å². The second kappa shape index (κ2) is 7.13. The van der Waals surface area contributed by atoms with Gasteiger partial charge in [0.25, 0.3) is 0 Å². The van der Waals surface area contributed by atoms with Crippen molar-refractivity contribution in [3.05, 3.63) is 0 Å². The van der Waals surface area contributed by atoms with Gasteiger partial charge in [-0.05, 0) is 6.42 Å². The Kier molecular flexibility index (Phi) is 7.15. The summed E-state index contributed by atoms with van der Waals surface area (Å²) in [6.07, 6.45) is 2.92. The zero-order valence-electron chi connectivity index (χ0n) is 6.47. The lowest BCUT2D eigenvalue weighted by molar-refractivity contribution is 0.577. The van der Waals surface area contributed by atoms with Crippen LogP contribution in [0, 0.1) is 0 Å². The molecule has 10 heavy (non-hydrogen) atoms. The van der Waals surface area contributed by atoms with Crippen molar-refractivity contribution in [1.29, 1.82) is 0 Å². The van der Waals surface area contributed by atoms with E-state index in [4.69, 9.17) is 5.73 Å². The molecule has 1 atom stereocenters. The number of unbranched alkanes of at least 4 members (excludes halogenated alkanes) is 1. The SMILES string of the molecule is CCCC[P+](=O)NCCN. The van der Waals surface area contributed by atoms with Crippen LogP contribution in [0.15, 0.2) is 0 Å². The van der Waals surface area contributed by atoms with Crippen molar-refractivity contribution in [2.24, 2.45) is 5.73 Å². The van der Waals surface area contributed by atoms with E-state index in [1.807, 2.05) is 0 Å². The van der Waals surface area contributed by atoms with E-state index in [1.54, 1.807) is 0 Å². The molecule has 0 spiro atoms. The molecule has 0 saturated carbocycles. The van der Waals surface area contributed by atoms with Gasteiger partial charge in [0.15, 0.2) is 6.16 Å². The normalized spacial score (nSPS) is 11.6. The van der Waals surface area contributed by atoms with Gasteiger partial charge in [-0.3, -0.25) is 0 Å². The van der Waals surface area contributed by atoms with E-state index >= 15 is 0 Å². The third-order valence-corrected chi connectivity index (χ3v) is 2.45. The van der Waals surface area contributed by atoms with Gasteiger partial charge in [-0.1, -0.05) is 17.9 Å². The van der Waals surface area contributed by atoms with Crippen LogP contribution in [0.5, 0.6) is 0 Å². The zero-order valence-corrected chi connectivity index (χ0v) is 7.36. The van der Waals surface area contributed by atoms with Gasteiger partial charge in [0.05, 0.1) is 6.54 Å². The molecule has 0 aromatic rings. The van der Waals surface area contributed by atoms with Gasteiger partial charge in [0.2, 0.25) is 0 Å². The molecule has 3 nitrogen and oxygen atoms in total. The van der Waals surface area contributed by atoms with Crippen molar-refractivity contribution < 1.29 is 4.57 Å². The van der Waals surface area contributed by atoms with E-state index in [-0.39, 0.29) is 0 Å². The standard InChI is InChI=1S/C6H16N2OP/c1-2-3-6-10(9)8-5-4-7/h2-7H2,1H3,(H,8,9)/q+1. The maximum Gasteiger partial charge on any atom is 0.432 e. The molecule has 0 bridgehead atoms. The van der Waals surface area contributed by atoms with Crippen LogP contribution >= 0.6 is 7.95 Å². The third kappa shape index (κ3) is 6.14. The third-order valence-electron chi connectivity index (χ3n) is 1.15. The van der Waals surface area contributed by atoms with Gasteiger partial charge in [-0.25, -0.2) is 0 Å². The summed E-state index contributed by atoms with van der Waals surface area (Å²) in [5.41, 5.74) is 5.21. The first-order valence-corrected chi connectivity index (χ1v) is 5.14. The van der Waals surface area contributed by atoms with Gasteiger partial charge in [0, 0.05) is 6.54 Å². The Bertz CT molecular complexity index is 87.7. The molecule has 0 aromatic heterocycles. The molecule has 0 radical (unpaired) electrons. The van der Waals surface area contributed by atoms with E-state index in [2.05, 4.69) is 12.0 Å². The Morgan fingerprint density at radius 1 is 1.60 bits per heavy atom. The lowest BCUT2D eigenvalue weighted by atomic mass is 10.4. The highest BCUT2D eigenvalue weighted by atomic mass is 31.1. The summed E-state index contributed by atoms with van der Waals surface area (Å²) in [5, 5.41) is 2.85. The first kappa shape index (κ1) is 10.0.